The van der Waals surface area contributed by atoms with Crippen molar-refractivity contribution < 1.29 is 19.4 Å². The Hall–Kier alpha value is -1.30. The van der Waals surface area contributed by atoms with Crippen LogP contribution in [0.4, 0.5) is 4.79 Å². The van der Waals surface area contributed by atoms with Crippen molar-refractivity contribution in [1.29, 1.82) is 0 Å². The molecule has 0 aromatic carbocycles. The highest BCUT2D eigenvalue weighted by Gasteiger charge is 2.43. The van der Waals surface area contributed by atoms with Gasteiger partial charge in [0.2, 0.25) is 5.91 Å². The van der Waals surface area contributed by atoms with Crippen LogP contribution in [0.25, 0.3) is 0 Å². The maximum Gasteiger partial charge on any atom is 0.410 e. The summed E-state index contributed by atoms with van der Waals surface area (Å²) in [4.78, 5) is 27.9. The van der Waals surface area contributed by atoms with Gasteiger partial charge in [-0.1, -0.05) is 20.3 Å². The molecule has 6 heteroatoms. The van der Waals surface area contributed by atoms with Gasteiger partial charge in [0.05, 0.1) is 12.6 Å². The van der Waals surface area contributed by atoms with E-state index in [4.69, 9.17) is 4.74 Å². The molecule has 2 rings (SSSR count). The van der Waals surface area contributed by atoms with Gasteiger partial charge in [0.1, 0.15) is 6.10 Å². The summed E-state index contributed by atoms with van der Waals surface area (Å²) in [5.41, 5.74) is 0. The molecule has 0 aromatic rings. The number of nitrogens with zero attached hydrogens (tertiary/aromatic N) is 2. The lowest BCUT2D eigenvalue weighted by Gasteiger charge is -2.38. The van der Waals surface area contributed by atoms with E-state index in [9.17, 15) is 14.7 Å². The molecule has 2 saturated heterocycles. The zero-order valence-electron chi connectivity index (χ0n) is 13.8. The zero-order chi connectivity index (χ0) is 16.3. The van der Waals surface area contributed by atoms with Crippen molar-refractivity contribution in [2.75, 3.05) is 19.7 Å². The van der Waals surface area contributed by atoms with Crippen molar-refractivity contribution in [1.82, 2.24) is 9.80 Å². The lowest BCUT2D eigenvalue weighted by atomic mass is 9.98. The minimum absolute atomic E-state index is 0.0557. The number of aliphatic hydroxyl groups excluding tert-OH is 1. The lowest BCUT2D eigenvalue weighted by Crippen LogP contribution is -2.52. The number of rotatable bonds is 5. The van der Waals surface area contributed by atoms with E-state index in [1.165, 1.54) is 0 Å². The van der Waals surface area contributed by atoms with E-state index < -0.39 is 0 Å². The maximum atomic E-state index is 12.3. The van der Waals surface area contributed by atoms with Crippen molar-refractivity contribution in [3.63, 3.8) is 0 Å². The summed E-state index contributed by atoms with van der Waals surface area (Å²) in [6.07, 6.45) is 2.82. The van der Waals surface area contributed by atoms with Gasteiger partial charge in [0.15, 0.2) is 0 Å². The average molecular weight is 312 g/mol. The Morgan fingerprint density at radius 1 is 1.41 bits per heavy atom. The van der Waals surface area contributed by atoms with Crippen LogP contribution in [0.2, 0.25) is 0 Å². The van der Waals surface area contributed by atoms with E-state index in [0.717, 1.165) is 25.7 Å². The monoisotopic (exact) mass is 312 g/mol. The Balaban J connectivity index is 1.92. The SMILES string of the molecule is CCCC(C)C(=O)N1CCC(N2C(=O)OC(C)C2CO)CC1. The van der Waals surface area contributed by atoms with Crippen LogP contribution in [0.15, 0.2) is 0 Å². The second-order valence-corrected chi connectivity index (χ2v) is 6.49. The predicted octanol–water partition coefficient (Wildman–Crippen LogP) is 1.62. The number of carbonyl (C=O) groups is 2. The van der Waals surface area contributed by atoms with E-state index in [-0.39, 0.29) is 42.7 Å². The molecule has 126 valence electrons. The lowest BCUT2D eigenvalue weighted by molar-refractivity contribution is -0.136. The van der Waals surface area contributed by atoms with Gasteiger partial charge in [-0.3, -0.25) is 9.69 Å². The van der Waals surface area contributed by atoms with Crippen LogP contribution in [0.1, 0.15) is 46.5 Å². The van der Waals surface area contributed by atoms with Gasteiger partial charge < -0.3 is 14.7 Å². The molecule has 3 unspecified atom stereocenters. The van der Waals surface area contributed by atoms with E-state index >= 15 is 0 Å². The molecule has 0 bridgehead atoms. The topological polar surface area (TPSA) is 70.1 Å². The summed E-state index contributed by atoms with van der Waals surface area (Å²) in [5.74, 6) is 0.292. The molecule has 0 spiro atoms. The van der Waals surface area contributed by atoms with Crippen LogP contribution >= 0.6 is 0 Å². The summed E-state index contributed by atoms with van der Waals surface area (Å²) in [6.45, 7) is 7.15. The Kier molecular flexibility index (Phi) is 5.67. The number of cyclic esters (lactones) is 1. The maximum absolute atomic E-state index is 12.3. The first-order chi connectivity index (χ1) is 10.5. The Morgan fingerprint density at radius 3 is 2.59 bits per heavy atom. The number of amides is 2. The van der Waals surface area contributed by atoms with Gasteiger partial charge in [0.25, 0.3) is 0 Å². The molecule has 6 nitrogen and oxygen atoms in total. The molecule has 1 N–H and O–H groups in total. The van der Waals surface area contributed by atoms with Crippen LogP contribution in [-0.2, 0) is 9.53 Å². The van der Waals surface area contributed by atoms with Crippen LogP contribution in [0.5, 0.6) is 0 Å². The summed E-state index contributed by atoms with van der Waals surface area (Å²) < 4.78 is 5.22. The van der Waals surface area contributed by atoms with Crippen molar-refractivity contribution in [2.24, 2.45) is 5.92 Å². The molecule has 3 atom stereocenters. The minimum Gasteiger partial charge on any atom is -0.444 e. The summed E-state index contributed by atoms with van der Waals surface area (Å²) in [7, 11) is 0. The third-order valence-electron chi connectivity index (χ3n) is 4.90. The average Bonchev–Trinajstić information content (AvgIpc) is 2.80. The number of hydrogen-bond acceptors (Lipinski definition) is 4. The Labute approximate surface area is 132 Å². The normalized spacial score (nSPS) is 27.9. The summed E-state index contributed by atoms with van der Waals surface area (Å²) >= 11 is 0. The van der Waals surface area contributed by atoms with Crippen molar-refractivity contribution in [3.05, 3.63) is 0 Å². The highest BCUT2D eigenvalue weighted by molar-refractivity contribution is 5.78. The largest absolute Gasteiger partial charge is 0.444 e. The number of carbonyl (C=O) groups excluding carboxylic acids is 2. The summed E-state index contributed by atoms with van der Waals surface area (Å²) in [5, 5.41) is 9.49. The Bertz CT molecular complexity index is 407. The molecule has 2 aliphatic heterocycles. The highest BCUT2D eigenvalue weighted by atomic mass is 16.6. The third-order valence-corrected chi connectivity index (χ3v) is 4.90. The van der Waals surface area contributed by atoms with E-state index in [2.05, 4.69) is 6.92 Å². The first-order valence-corrected chi connectivity index (χ1v) is 8.38. The van der Waals surface area contributed by atoms with Crippen molar-refractivity contribution >= 4 is 12.0 Å². The molecule has 22 heavy (non-hydrogen) atoms. The molecule has 0 saturated carbocycles. The molecular formula is C16H28N2O4. The van der Waals surface area contributed by atoms with Crippen LogP contribution in [-0.4, -0.2) is 64.8 Å². The van der Waals surface area contributed by atoms with Gasteiger partial charge in [0, 0.05) is 25.0 Å². The van der Waals surface area contributed by atoms with Gasteiger partial charge in [-0.15, -0.1) is 0 Å². The van der Waals surface area contributed by atoms with Gasteiger partial charge in [-0.2, -0.15) is 0 Å². The molecule has 0 radical (unpaired) electrons. The fraction of sp³-hybridized carbons (Fsp3) is 0.875. The molecule has 2 aliphatic rings. The smallest absolute Gasteiger partial charge is 0.410 e. The van der Waals surface area contributed by atoms with E-state index in [0.29, 0.717) is 13.1 Å². The fourth-order valence-corrected chi connectivity index (χ4v) is 3.55. The number of hydrogen-bond donors (Lipinski definition) is 1. The first-order valence-electron chi connectivity index (χ1n) is 8.38. The molecule has 2 amide bonds. The zero-order valence-corrected chi connectivity index (χ0v) is 13.8. The minimum atomic E-state index is -0.337. The number of piperidine rings is 1. The first kappa shape index (κ1) is 17.1. The molecule has 2 heterocycles. The van der Waals surface area contributed by atoms with Crippen LogP contribution in [0, 0.1) is 5.92 Å². The Morgan fingerprint density at radius 2 is 2.05 bits per heavy atom. The quantitative estimate of drug-likeness (QED) is 0.837. The fourth-order valence-electron chi connectivity index (χ4n) is 3.55. The van der Waals surface area contributed by atoms with E-state index in [1.807, 2.05) is 18.7 Å². The molecule has 2 fully saturated rings. The number of aliphatic hydroxyl groups is 1. The second-order valence-electron chi connectivity index (χ2n) is 6.49. The molecule has 0 aliphatic carbocycles. The second kappa shape index (κ2) is 7.31. The molecular weight excluding hydrogens is 284 g/mol. The van der Waals surface area contributed by atoms with E-state index in [1.54, 1.807) is 4.90 Å². The predicted molar refractivity (Wildman–Crippen MR) is 82.3 cm³/mol. The van der Waals surface area contributed by atoms with Gasteiger partial charge in [-0.25, -0.2) is 4.79 Å². The summed E-state index contributed by atoms with van der Waals surface area (Å²) in [6, 6.07) is -0.209. The van der Waals surface area contributed by atoms with Crippen LogP contribution in [0.3, 0.4) is 0 Å². The van der Waals surface area contributed by atoms with Crippen molar-refractivity contribution in [3.8, 4) is 0 Å². The van der Waals surface area contributed by atoms with Gasteiger partial charge >= 0.3 is 6.09 Å². The standard InChI is InChI=1S/C16H28N2O4/c1-4-5-11(2)15(20)17-8-6-13(7-9-17)18-14(10-19)12(3)22-16(18)21/h11-14,19H,4-10H2,1-3H3. The molecule has 0 aromatic heterocycles. The van der Waals surface area contributed by atoms with Gasteiger partial charge in [-0.05, 0) is 26.2 Å². The number of ether oxygens (including phenoxy) is 1. The van der Waals surface area contributed by atoms with Crippen LogP contribution < -0.4 is 0 Å². The van der Waals surface area contributed by atoms with Crippen molar-refractivity contribution in [2.45, 2.75) is 64.6 Å². The third kappa shape index (κ3) is 3.37. The highest BCUT2D eigenvalue weighted by Crippen LogP contribution is 2.27. The number of likely N-dealkylation sites (tertiary alicyclic amines) is 1.